The summed E-state index contributed by atoms with van der Waals surface area (Å²) in [4.78, 5) is 14.1. The van der Waals surface area contributed by atoms with Crippen molar-refractivity contribution in [1.82, 2.24) is 15.2 Å². The fraction of sp³-hybridized carbons (Fsp3) is 0.417. The van der Waals surface area contributed by atoms with Crippen molar-refractivity contribution in [2.75, 3.05) is 0 Å². The zero-order chi connectivity index (χ0) is 13.3. The largest absolute Gasteiger partial charge is 0.478 e. The molecule has 6 heteroatoms. The molecule has 0 saturated carbocycles. The minimum atomic E-state index is -0.958. The second-order valence-corrected chi connectivity index (χ2v) is 4.18. The van der Waals surface area contributed by atoms with Crippen molar-refractivity contribution in [3.05, 3.63) is 22.7 Å². The number of carbonyl (C=O) groups is 1. The summed E-state index contributed by atoms with van der Waals surface area (Å²) in [5.41, 5.74) is 2.05. The van der Waals surface area contributed by atoms with Gasteiger partial charge in [-0.2, -0.15) is 0 Å². The zero-order valence-corrected chi connectivity index (χ0v) is 10.6. The van der Waals surface area contributed by atoms with Gasteiger partial charge in [-0.05, 0) is 25.8 Å². The van der Waals surface area contributed by atoms with Gasteiger partial charge < -0.3 is 14.5 Å². The highest BCUT2D eigenvalue weighted by Gasteiger charge is 2.21. The smallest absolute Gasteiger partial charge is 0.337 e. The summed E-state index contributed by atoms with van der Waals surface area (Å²) in [7, 11) is 0. The predicted molar refractivity (Wildman–Crippen MR) is 64.5 cm³/mol. The summed E-state index contributed by atoms with van der Waals surface area (Å²) < 4.78 is 5.49. The number of hydrogen-bond donors (Lipinski definition) is 2. The van der Waals surface area contributed by atoms with Crippen LogP contribution in [0.2, 0.25) is 0 Å². The predicted octanol–water partition coefficient (Wildman–Crippen LogP) is 2.33. The van der Waals surface area contributed by atoms with E-state index in [0.717, 1.165) is 12.8 Å². The Kier molecular flexibility index (Phi) is 3.18. The molecule has 2 heterocycles. The molecule has 2 aromatic heterocycles. The molecule has 0 aromatic carbocycles. The highest BCUT2D eigenvalue weighted by molar-refractivity contribution is 5.92. The number of aromatic carboxylic acids is 1. The topological polar surface area (TPSA) is 92.0 Å². The average molecular weight is 249 g/mol. The molecule has 0 spiro atoms. The molecule has 0 aliphatic heterocycles. The Hall–Kier alpha value is -2.11. The van der Waals surface area contributed by atoms with Crippen molar-refractivity contribution in [1.29, 1.82) is 0 Å². The number of nitrogens with zero attached hydrogens (tertiary/aromatic N) is 2. The maximum Gasteiger partial charge on any atom is 0.337 e. The van der Waals surface area contributed by atoms with E-state index in [-0.39, 0.29) is 5.56 Å². The molecule has 2 aromatic rings. The quantitative estimate of drug-likeness (QED) is 0.867. The molecule has 0 atom stereocenters. The Morgan fingerprint density at radius 3 is 2.67 bits per heavy atom. The van der Waals surface area contributed by atoms with Gasteiger partial charge in [-0.3, -0.25) is 0 Å². The van der Waals surface area contributed by atoms with E-state index < -0.39 is 5.97 Å². The van der Waals surface area contributed by atoms with Gasteiger partial charge in [-0.1, -0.05) is 6.92 Å². The summed E-state index contributed by atoms with van der Waals surface area (Å²) in [6.45, 7) is 5.46. The molecule has 0 radical (unpaired) electrons. The van der Waals surface area contributed by atoms with Gasteiger partial charge in [-0.25, -0.2) is 4.79 Å². The Morgan fingerprint density at radius 2 is 2.11 bits per heavy atom. The van der Waals surface area contributed by atoms with Crippen molar-refractivity contribution in [2.24, 2.45) is 0 Å². The Balaban J connectivity index is 2.44. The van der Waals surface area contributed by atoms with E-state index in [1.807, 2.05) is 6.92 Å². The number of nitrogens with one attached hydrogen (secondary N) is 1. The van der Waals surface area contributed by atoms with Gasteiger partial charge in [0.2, 0.25) is 5.89 Å². The van der Waals surface area contributed by atoms with Crippen LogP contribution in [0.15, 0.2) is 4.42 Å². The van der Waals surface area contributed by atoms with Crippen LogP contribution in [0.25, 0.3) is 11.6 Å². The molecule has 6 nitrogen and oxygen atoms in total. The van der Waals surface area contributed by atoms with Crippen molar-refractivity contribution in [3.63, 3.8) is 0 Å². The minimum Gasteiger partial charge on any atom is -0.478 e. The first-order valence-corrected chi connectivity index (χ1v) is 5.79. The number of rotatable bonds is 4. The van der Waals surface area contributed by atoms with E-state index in [4.69, 9.17) is 9.52 Å². The first-order valence-electron chi connectivity index (χ1n) is 5.79. The fourth-order valence-electron chi connectivity index (χ4n) is 1.95. The monoisotopic (exact) mass is 249 g/mol. The van der Waals surface area contributed by atoms with Gasteiger partial charge in [0.15, 0.2) is 0 Å². The molecule has 0 saturated heterocycles. The van der Waals surface area contributed by atoms with E-state index in [0.29, 0.717) is 28.7 Å². The molecule has 0 aliphatic carbocycles. The molecule has 0 unspecified atom stereocenters. The summed E-state index contributed by atoms with van der Waals surface area (Å²) in [5, 5.41) is 17.0. The summed E-state index contributed by atoms with van der Waals surface area (Å²) >= 11 is 0. The highest BCUT2D eigenvalue weighted by atomic mass is 16.4. The molecule has 2 rings (SSSR count). The molecule has 0 aliphatic rings. The van der Waals surface area contributed by atoms with E-state index in [1.165, 1.54) is 0 Å². The van der Waals surface area contributed by atoms with Gasteiger partial charge in [-0.15, -0.1) is 10.2 Å². The SMILES string of the molecule is CCCc1nnc(-c2[nH]c(C)c(C(=O)O)c2C)o1. The third-order valence-corrected chi connectivity index (χ3v) is 2.80. The second kappa shape index (κ2) is 4.64. The van der Waals surface area contributed by atoms with Gasteiger partial charge in [0.25, 0.3) is 5.89 Å². The normalized spacial score (nSPS) is 10.8. The van der Waals surface area contributed by atoms with Gasteiger partial charge in [0.05, 0.1) is 5.56 Å². The standard InChI is InChI=1S/C12H15N3O3/c1-4-5-8-14-15-11(18-8)10-6(2)9(12(16)17)7(3)13-10/h13H,4-5H2,1-3H3,(H,16,17). The van der Waals surface area contributed by atoms with Crippen LogP contribution in [0.1, 0.15) is 40.9 Å². The van der Waals surface area contributed by atoms with Gasteiger partial charge >= 0.3 is 5.97 Å². The third kappa shape index (κ3) is 2.01. The van der Waals surface area contributed by atoms with E-state index in [2.05, 4.69) is 15.2 Å². The van der Waals surface area contributed by atoms with Crippen molar-refractivity contribution in [3.8, 4) is 11.6 Å². The third-order valence-electron chi connectivity index (χ3n) is 2.80. The second-order valence-electron chi connectivity index (χ2n) is 4.18. The Labute approximate surface area is 104 Å². The summed E-state index contributed by atoms with van der Waals surface area (Å²) in [6, 6.07) is 0. The van der Waals surface area contributed by atoms with Gasteiger partial charge in [0.1, 0.15) is 5.69 Å². The molecule has 0 amide bonds. The first-order chi connectivity index (χ1) is 8.54. The lowest BCUT2D eigenvalue weighted by atomic mass is 10.1. The van der Waals surface area contributed by atoms with E-state index in [1.54, 1.807) is 13.8 Å². The molecular formula is C12H15N3O3. The lowest BCUT2D eigenvalue weighted by molar-refractivity contribution is 0.0695. The van der Waals surface area contributed by atoms with Crippen LogP contribution >= 0.6 is 0 Å². The lowest BCUT2D eigenvalue weighted by Crippen LogP contribution is -1.98. The average Bonchev–Trinajstić information content (AvgIpc) is 2.84. The van der Waals surface area contributed by atoms with E-state index in [9.17, 15) is 4.79 Å². The molecule has 96 valence electrons. The van der Waals surface area contributed by atoms with Crippen LogP contribution in [0.5, 0.6) is 0 Å². The van der Waals surface area contributed by atoms with Crippen molar-refractivity contribution >= 4 is 5.97 Å². The number of hydrogen-bond acceptors (Lipinski definition) is 4. The number of carboxylic acids is 1. The molecule has 18 heavy (non-hydrogen) atoms. The lowest BCUT2D eigenvalue weighted by Gasteiger charge is -1.94. The number of aromatic amines is 1. The van der Waals surface area contributed by atoms with Crippen LogP contribution in [-0.4, -0.2) is 26.3 Å². The molecule has 0 fully saturated rings. The molecular weight excluding hydrogens is 234 g/mol. The van der Waals surface area contributed by atoms with Crippen LogP contribution in [0.4, 0.5) is 0 Å². The maximum absolute atomic E-state index is 11.1. The Bertz CT molecular complexity index is 583. The number of aryl methyl sites for hydroxylation is 2. The van der Waals surface area contributed by atoms with Crippen LogP contribution < -0.4 is 0 Å². The van der Waals surface area contributed by atoms with E-state index >= 15 is 0 Å². The maximum atomic E-state index is 11.1. The summed E-state index contributed by atoms with van der Waals surface area (Å²) in [5.74, 6) is -0.0524. The fourth-order valence-corrected chi connectivity index (χ4v) is 1.95. The van der Waals surface area contributed by atoms with Crippen LogP contribution in [0, 0.1) is 13.8 Å². The molecule has 0 bridgehead atoms. The minimum absolute atomic E-state index is 0.264. The van der Waals surface area contributed by atoms with Crippen molar-refractivity contribution < 1.29 is 14.3 Å². The number of carboxylic acid groups (broad SMARTS) is 1. The number of H-pyrrole nitrogens is 1. The number of aromatic nitrogens is 3. The van der Waals surface area contributed by atoms with Crippen LogP contribution in [-0.2, 0) is 6.42 Å². The Morgan fingerprint density at radius 1 is 1.39 bits per heavy atom. The molecule has 2 N–H and O–H groups in total. The zero-order valence-electron chi connectivity index (χ0n) is 10.6. The summed E-state index contributed by atoms with van der Waals surface area (Å²) in [6.07, 6.45) is 1.64. The highest BCUT2D eigenvalue weighted by Crippen LogP contribution is 2.26. The first kappa shape index (κ1) is 12.3. The van der Waals surface area contributed by atoms with Crippen molar-refractivity contribution in [2.45, 2.75) is 33.6 Å². The van der Waals surface area contributed by atoms with Crippen LogP contribution in [0.3, 0.4) is 0 Å². The van der Waals surface area contributed by atoms with Gasteiger partial charge in [0, 0.05) is 12.1 Å².